The second-order valence-electron chi connectivity index (χ2n) is 2.19. The first-order valence-electron chi connectivity index (χ1n) is 3.29. The molecular weight excluding hydrogens is 128 g/mol. The Bertz CT molecular complexity index is 132. The van der Waals surface area contributed by atoms with Gasteiger partial charge in [0.1, 0.15) is 6.29 Å². The predicted molar refractivity (Wildman–Crippen MR) is 42.6 cm³/mol. The van der Waals surface area contributed by atoms with E-state index in [2.05, 4.69) is 10.3 Å². The Labute approximate surface area is 61.5 Å². The van der Waals surface area contributed by atoms with Gasteiger partial charge in [0, 0.05) is 19.2 Å². The van der Waals surface area contributed by atoms with Crippen LogP contribution in [0.1, 0.15) is 13.3 Å². The van der Waals surface area contributed by atoms with Crippen molar-refractivity contribution in [1.29, 1.82) is 0 Å². The molecule has 1 unspecified atom stereocenters. The van der Waals surface area contributed by atoms with Crippen LogP contribution >= 0.6 is 0 Å². The van der Waals surface area contributed by atoms with E-state index in [1.165, 1.54) is 0 Å². The normalized spacial score (nSPS) is 14.9. The standard InChI is InChI=1S/C7H14N2O/c1-6(8-2)4-7(5-10)9-3/h5,7,9H,4H2,1-3H3/b8-6+. The number of rotatable bonds is 4. The molecule has 1 atom stereocenters. The van der Waals surface area contributed by atoms with Crippen molar-refractivity contribution in [3.63, 3.8) is 0 Å². The van der Waals surface area contributed by atoms with E-state index >= 15 is 0 Å². The van der Waals surface area contributed by atoms with Crippen LogP contribution in [0.15, 0.2) is 4.99 Å². The average Bonchev–Trinajstić information content (AvgIpc) is 1.99. The van der Waals surface area contributed by atoms with Crippen molar-refractivity contribution in [2.45, 2.75) is 19.4 Å². The molecule has 0 aromatic carbocycles. The van der Waals surface area contributed by atoms with Crippen molar-refractivity contribution in [3.05, 3.63) is 0 Å². The van der Waals surface area contributed by atoms with Crippen molar-refractivity contribution in [2.75, 3.05) is 14.1 Å². The number of nitrogens with zero attached hydrogens (tertiary/aromatic N) is 1. The van der Waals surface area contributed by atoms with Gasteiger partial charge in [0.2, 0.25) is 0 Å². The predicted octanol–water partition coefficient (Wildman–Crippen LogP) is 0.254. The van der Waals surface area contributed by atoms with Gasteiger partial charge in [-0.2, -0.15) is 0 Å². The van der Waals surface area contributed by atoms with Crippen molar-refractivity contribution < 1.29 is 4.79 Å². The number of likely N-dealkylation sites (N-methyl/N-ethyl adjacent to an activating group) is 1. The molecule has 0 heterocycles. The molecular formula is C7H14N2O. The highest BCUT2D eigenvalue weighted by molar-refractivity contribution is 5.85. The highest BCUT2D eigenvalue weighted by atomic mass is 16.1. The molecule has 1 N–H and O–H groups in total. The first-order valence-corrected chi connectivity index (χ1v) is 3.29. The zero-order valence-electron chi connectivity index (χ0n) is 6.72. The lowest BCUT2D eigenvalue weighted by atomic mass is 10.2. The summed E-state index contributed by atoms with van der Waals surface area (Å²) in [5.74, 6) is 0. The zero-order valence-corrected chi connectivity index (χ0v) is 6.72. The van der Waals surface area contributed by atoms with Gasteiger partial charge in [-0.05, 0) is 14.0 Å². The second kappa shape index (κ2) is 5.11. The van der Waals surface area contributed by atoms with Crippen molar-refractivity contribution in [2.24, 2.45) is 4.99 Å². The molecule has 0 aliphatic heterocycles. The van der Waals surface area contributed by atoms with Gasteiger partial charge < -0.3 is 10.1 Å². The molecule has 0 radical (unpaired) electrons. The maximum atomic E-state index is 10.3. The van der Waals surface area contributed by atoms with Gasteiger partial charge in [-0.15, -0.1) is 0 Å². The summed E-state index contributed by atoms with van der Waals surface area (Å²) in [6.07, 6.45) is 1.60. The molecule has 0 aliphatic rings. The molecule has 0 aliphatic carbocycles. The second-order valence-corrected chi connectivity index (χ2v) is 2.19. The Morgan fingerprint density at radius 1 is 1.80 bits per heavy atom. The van der Waals surface area contributed by atoms with Crippen molar-refractivity contribution in [3.8, 4) is 0 Å². The van der Waals surface area contributed by atoms with E-state index in [0.29, 0.717) is 6.42 Å². The molecule has 58 valence electrons. The minimum Gasteiger partial charge on any atom is -0.310 e. The van der Waals surface area contributed by atoms with E-state index in [0.717, 1.165) is 12.0 Å². The van der Waals surface area contributed by atoms with E-state index in [4.69, 9.17) is 0 Å². The minimum absolute atomic E-state index is 0.0799. The molecule has 0 bridgehead atoms. The van der Waals surface area contributed by atoms with Crippen LogP contribution in [-0.4, -0.2) is 32.1 Å². The van der Waals surface area contributed by atoms with Crippen LogP contribution in [-0.2, 0) is 4.79 Å². The Kier molecular flexibility index (Phi) is 4.76. The smallest absolute Gasteiger partial charge is 0.137 e. The molecule has 0 amide bonds. The number of nitrogens with one attached hydrogen (secondary N) is 1. The summed E-state index contributed by atoms with van der Waals surface area (Å²) < 4.78 is 0. The maximum Gasteiger partial charge on any atom is 0.137 e. The molecule has 0 fully saturated rings. The van der Waals surface area contributed by atoms with Crippen molar-refractivity contribution >= 4 is 12.0 Å². The summed E-state index contributed by atoms with van der Waals surface area (Å²) in [5, 5.41) is 2.87. The summed E-state index contributed by atoms with van der Waals surface area (Å²) in [4.78, 5) is 14.2. The summed E-state index contributed by atoms with van der Waals surface area (Å²) >= 11 is 0. The molecule has 0 aromatic rings. The summed E-state index contributed by atoms with van der Waals surface area (Å²) in [6.45, 7) is 1.91. The van der Waals surface area contributed by atoms with Crippen LogP contribution in [0.4, 0.5) is 0 Å². The lowest BCUT2D eigenvalue weighted by molar-refractivity contribution is -0.109. The van der Waals surface area contributed by atoms with Crippen LogP contribution in [0.3, 0.4) is 0 Å². The Morgan fingerprint density at radius 2 is 2.40 bits per heavy atom. The van der Waals surface area contributed by atoms with E-state index < -0.39 is 0 Å². The average molecular weight is 142 g/mol. The maximum absolute atomic E-state index is 10.3. The first-order chi connectivity index (χ1) is 4.74. The third-order valence-electron chi connectivity index (χ3n) is 1.43. The van der Waals surface area contributed by atoms with Gasteiger partial charge >= 0.3 is 0 Å². The van der Waals surface area contributed by atoms with Crippen LogP contribution in [0.2, 0.25) is 0 Å². The number of aldehydes is 1. The van der Waals surface area contributed by atoms with Crippen LogP contribution in [0.5, 0.6) is 0 Å². The Hall–Kier alpha value is -0.700. The Balaban J connectivity index is 3.74. The third-order valence-corrected chi connectivity index (χ3v) is 1.43. The van der Waals surface area contributed by atoms with Crippen LogP contribution in [0.25, 0.3) is 0 Å². The summed E-state index contributed by atoms with van der Waals surface area (Å²) in [6, 6.07) is -0.0799. The topological polar surface area (TPSA) is 41.5 Å². The molecule has 0 spiro atoms. The fourth-order valence-electron chi connectivity index (χ4n) is 0.628. The fraction of sp³-hybridized carbons (Fsp3) is 0.714. The monoisotopic (exact) mass is 142 g/mol. The first kappa shape index (κ1) is 9.30. The number of hydrogen-bond acceptors (Lipinski definition) is 3. The largest absolute Gasteiger partial charge is 0.310 e. The number of carbonyl (C=O) groups is 1. The van der Waals surface area contributed by atoms with Crippen molar-refractivity contribution in [1.82, 2.24) is 5.32 Å². The summed E-state index contributed by atoms with van der Waals surface area (Å²) in [5.41, 5.74) is 0.992. The number of aliphatic imine (C=N–C) groups is 1. The molecule has 10 heavy (non-hydrogen) atoms. The molecule has 3 heteroatoms. The molecule has 0 saturated heterocycles. The lowest BCUT2D eigenvalue weighted by Gasteiger charge is -2.06. The van der Waals surface area contributed by atoms with Crippen LogP contribution < -0.4 is 5.32 Å². The van der Waals surface area contributed by atoms with Gasteiger partial charge in [-0.25, -0.2) is 0 Å². The van der Waals surface area contributed by atoms with E-state index in [1.807, 2.05) is 6.92 Å². The molecule has 0 rings (SSSR count). The number of hydrogen-bond donors (Lipinski definition) is 1. The number of carbonyl (C=O) groups excluding carboxylic acids is 1. The van der Waals surface area contributed by atoms with Crippen LogP contribution in [0, 0.1) is 0 Å². The molecule has 3 nitrogen and oxygen atoms in total. The van der Waals surface area contributed by atoms with E-state index in [1.54, 1.807) is 14.1 Å². The quantitative estimate of drug-likeness (QED) is 0.451. The van der Waals surface area contributed by atoms with Gasteiger partial charge in [0.15, 0.2) is 0 Å². The highest BCUT2D eigenvalue weighted by Gasteiger charge is 2.03. The summed E-state index contributed by atoms with van der Waals surface area (Å²) in [7, 11) is 3.49. The van der Waals surface area contributed by atoms with Gasteiger partial charge in [-0.1, -0.05) is 0 Å². The zero-order chi connectivity index (χ0) is 7.98. The van der Waals surface area contributed by atoms with Gasteiger partial charge in [0.25, 0.3) is 0 Å². The third kappa shape index (κ3) is 3.35. The minimum atomic E-state index is -0.0799. The Morgan fingerprint density at radius 3 is 2.70 bits per heavy atom. The molecule has 0 saturated carbocycles. The van der Waals surface area contributed by atoms with E-state index in [9.17, 15) is 4.79 Å². The van der Waals surface area contributed by atoms with Gasteiger partial charge in [0.05, 0.1) is 6.04 Å². The van der Waals surface area contributed by atoms with Gasteiger partial charge in [-0.3, -0.25) is 4.99 Å². The highest BCUT2D eigenvalue weighted by Crippen LogP contribution is 1.90. The molecule has 0 aromatic heterocycles. The lowest BCUT2D eigenvalue weighted by Crippen LogP contribution is -2.28. The SMILES string of the molecule is C/N=C(\C)CC(C=O)NC. The fourth-order valence-corrected chi connectivity index (χ4v) is 0.628. The van der Waals surface area contributed by atoms with E-state index in [-0.39, 0.29) is 6.04 Å².